The van der Waals surface area contributed by atoms with Crippen LogP contribution in [-0.4, -0.2) is 18.1 Å². The molecule has 24 heavy (non-hydrogen) atoms. The first-order valence-electron chi connectivity index (χ1n) is 7.71. The van der Waals surface area contributed by atoms with Crippen LogP contribution >= 0.6 is 11.6 Å². The number of carbonyl (C=O) groups is 1. The van der Waals surface area contributed by atoms with E-state index in [4.69, 9.17) is 16.3 Å². The Morgan fingerprint density at radius 3 is 2.46 bits per heavy atom. The van der Waals surface area contributed by atoms with Gasteiger partial charge in [0.15, 0.2) is 5.60 Å². The molecule has 0 aromatic heterocycles. The number of benzene rings is 2. The van der Waals surface area contributed by atoms with E-state index >= 15 is 0 Å². The summed E-state index contributed by atoms with van der Waals surface area (Å²) in [4.78, 5) is 12.6. The second-order valence-electron chi connectivity index (χ2n) is 7.02. The summed E-state index contributed by atoms with van der Waals surface area (Å²) >= 11 is 6.08. The monoisotopic (exact) mass is 345 g/mol. The minimum atomic E-state index is -1.84. The van der Waals surface area contributed by atoms with Gasteiger partial charge < -0.3 is 15.2 Å². The third-order valence-corrected chi connectivity index (χ3v) is 4.64. The van der Waals surface area contributed by atoms with E-state index in [9.17, 15) is 9.90 Å². The van der Waals surface area contributed by atoms with Gasteiger partial charge in [0.25, 0.3) is 5.91 Å². The van der Waals surface area contributed by atoms with Gasteiger partial charge in [0.2, 0.25) is 0 Å². The van der Waals surface area contributed by atoms with Crippen molar-refractivity contribution in [2.75, 3.05) is 12.4 Å². The van der Waals surface area contributed by atoms with Crippen LogP contribution in [0.1, 0.15) is 37.5 Å². The number of hydrogen-bond donors (Lipinski definition) is 2. The van der Waals surface area contributed by atoms with Crippen molar-refractivity contribution in [2.24, 2.45) is 0 Å². The van der Waals surface area contributed by atoms with E-state index in [0.717, 1.165) is 5.56 Å². The number of methoxy groups -OCH3 is 1. The fraction of sp³-hybridized carbons (Fsp3) is 0.316. The molecule has 0 bridgehead atoms. The number of hydrogen-bond acceptors (Lipinski definition) is 3. The van der Waals surface area contributed by atoms with Gasteiger partial charge in [-0.2, -0.15) is 0 Å². The van der Waals surface area contributed by atoms with Crippen molar-refractivity contribution in [3.8, 4) is 5.75 Å². The Labute approximate surface area is 146 Å². The van der Waals surface area contributed by atoms with Crippen molar-refractivity contribution in [3.05, 3.63) is 58.1 Å². The molecule has 1 aliphatic rings. The van der Waals surface area contributed by atoms with Gasteiger partial charge in [-0.1, -0.05) is 38.4 Å². The molecule has 0 saturated heterocycles. The van der Waals surface area contributed by atoms with Crippen molar-refractivity contribution < 1.29 is 14.6 Å². The van der Waals surface area contributed by atoms with Crippen LogP contribution in [0.2, 0.25) is 5.02 Å². The summed E-state index contributed by atoms with van der Waals surface area (Å²) in [7, 11) is 1.52. The van der Waals surface area contributed by atoms with Crippen LogP contribution in [0.3, 0.4) is 0 Å². The van der Waals surface area contributed by atoms with Gasteiger partial charge in [0.05, 0.1) is 7.11 Å². The van der Waals surface area contributed by atoms with Gasteiger partial charge in [0.1, 0.15) is 5.75 Å². The molecule has 2 aromatic rings. The normalized spacial score (nSPS) is 19.8. The Bertz CT molecular complexity index is 826. The van der Waals surface area contributed by atoms with Crippen LogP contribution in [0.4, 0.5) is 5.69 Å². The quantitative estimate of drug-likeness (QED) is 0.869. The van der Waals surface area contributed by atoms with Gasteiger partial charge in [-0.25, -0.2) is 0 Å². The van der Waals surface area contributed by atoms with Gasteiger partial charge in [-0.05, 0) is 41.3 Å². The van der Waals surface area contributed by atoms with E-state index in [1.54, 1.807) is 24.3 Å². The number of amides is 1. The average Bonchev–Trinajstić information content (AvgIpc) is 2.78. The lowest BCUT2D eigenvalue weighted by Crippen LogP contribution is -2.36. The third-order valence-electron chi connectivity index (χ3n) is 4.40. The number of ether oxygens (including phenoxy) is 1. The van der Waals surface area contributed by atoms with Gasteiger partial charge in [-0.3, -0.25) is 4.79 Å². The topological polar surface area (TPSA) is 58.6 Å². The molecule has 1 unspecified atom stereocenters. The summed E-state index contributed by atoms with van der Waals surface area (Å²) in [5.41, 5.74) is 0.418. The summed E-state index contributed by atoms with van der Waals surface area (Å²) in [6.45, 7) is 6.21. The van der Waals surface area contributed by atoms with Crippen LogP contribution in [0.15, 0.2) is 36.4 Å². The minimum absolute atomic E-state index is 0.135. The maximum Gasteiger partial charge on any atom is 0.266 e. The molecule has 0 radical (unpaired) electrons. The molecule has 0 fully saturated rings. The van der Waals surface area contributed by atoms with E-state index in [1.165, 1.54) is 7.11 Å². The standard InChI is InChI=1S/C19H20ClNO3/c1-18(2,3)11-5-8-16(24-4)14(9-11)19(23)13-10-12(20)6-7-15(13)21-17(19)22/h5-10,23H,1-4H3,(H,21,22). The number of anilines is 1. The fourth-order valence-electron chi connectivity index (χ4n) is 2.98. The van der Waals surface area contributed by atoms with E-state index in [-0.39, 0.29) is 5.41 Å². The number of halogens is 1. The maximum absolute atomic E-state index is 12.6. The van der Waals surface area contributed by atoms with Crippen LogP contribution in [-0.2, 0) is 15.8 Å². The SMILES string of the molecule is COc1ccc(C(C)(C)C)cc1C1(O)C(=O)Nc2ccc(Cl)cc21. The lowest BCUT2D eigenvalue weighted by molar-refractivity contribution is -0.129. The van der Waals surface area contributed by atoms with Gasteiger partial charge >= 0.3 is 0 Å². The van der Waals surface area contributed by atoms with E-state index in [0.29, 0.717) is 27.6 Å². The number of fused-ring (bicyclic) bond motifs is 1. The number of carbonyl (C=O) groups excluding carboxylic acids is 1. The zero-order valence-corrected chi connectivity index (χ0v) is 14.9. The molecule has 1 atom stereocenters. The van der Waals surface area contributed by atoms with Crippen molar-refractivity contribution in [1.29, 1.82) is 0 Å². The molecule has 0 saturated carbocycles. The van der Waals surface area contributed by atoms with Crippen molar-refractivity contribution in [3.63, 3.8) is 0 Å². The first-order chi connectivity index (χ1) is 11.2. The van der Waals surface area contributed by atoms with Crippen molar-refractivity contribution in [1.82, 2.24) is 0 Å². The predicted octanol–water partition coefficient (Wildman–Crippen LogP) is 3.83. The number of aliphatic hydroxyl groups is 1. The summed E-state index contributed by atoms with van der Waals surface area (Å²) in [5.74, 6) is -0.0578. The molecule has 1 heterocycles. The van der Waals surface area contributed by atoms with Crippen LogP contribution in [0, 0.1) is 0 Å². The predicted molar refractivity (Wildman–Crippen MR) is 94.8 cm³/mol. The summed E-state index contributed by atoms with van der Waals surface area (Å²) in [6.07, 6.45) is 0. The average molecular weight is 346 g/mol. The zero-order chi connectivity index (χ0) is 17.7. The number of rotatable bonds is 2. The smallest absolute Gasteiger partial charge is 0.266 e. The first kappa shape index (κ1) is 16.8. The van der Waals surface area contributed by atoms with Gasteiger partial charge in [0, 0.05) is 21.8 Å². The summed E-state index contributed by atoms with van der Waals surface area (Å²) in [5, 5.41) is 14.5. The number of nitrogens with one attached hydrogen (secondary N) is 1. The molecule has 1 aliphatic heterocycles. The molecule has 126 valence electrons. The highest BCUT2D eigenvalue weighted by Crippen LogP contribution is 2.46. The van der Waals surface area contributed by atoms with Crippen LogP contribution < -0.4 is 10.1 Å². The molecule has 0 spiro atoms. The molecule has 4 nitrogen and oxygen atoms in total. The second-order valence-corrected chi connectivity index (χ2v) is 7.46. The lowest BCUT2D eigenvalue weighted by atomic mass is 9.81. The highest BCUT2D eigenvalue weighted by Gasteiger charge is 2.49. The Balaban J connectivity index is 2.28. The second kappa shape index (κ2) is 5.50. The maximum atomic E-state index is 12.6. The Kier molecular flexibility index (Phi) is 3.85. The zero-order valence-electron chi connectivity index (χ0n) is 14.1. The molecule has 2 N–H and O–H groups in total. The van der Waals surface area contributed by atoms with Crippen molar-refractivity contribution >= 4 is 23.2 Å². The highest BCUT2D eigenvalue weighted by molar-refractivity contribution is 6.31. The Morgan fingerprint density at radius 2 is 1.83 bits per heavy atom. The lowest BCUT2D eigenvalue weighted by Gasteiger charge is -2.27. The fourth-order valence-corrected chi connectivity index (χ4v) is 3.16. The third kappa shape index (κ3) is 2.46. The molecule has 5 heteroatoms. The Morgan fingerprint density at radius 1 is 1.12 bits per heavy atom. The van der Waals surface area contributed by atoms with E-state index in [2.05, 4.69) is 26.1 Å². The summed E-state index contributed by atoms with van der Waals surface area (Å²) in [6, 6.07) is 10.5. The molecular weight excluding hydrogens is 326 g/mol. The minimum Gasteiger partial charge on any atom is -0.496 e. The van der Waals surface area contributed by atoms with Crippen molar-refractivity contribution in [2.45, 2.75) is 31.8 Å². The Hall–Kier alpha value is -2.04. The largest absolute Gasteiger partial charge is 0.496 e. The molecule has 1 amide bonds. The molecular formula is C19H20ClNO3. The molecule has 2 aromatic carbocycles. The molecule has 3 rings (SSSR count). The first-order valence-corrected chi connectivity index (χ1v) is 8.08. The van der Waals surface area contributed by atoms with Gasteiger partial charge in [-0.15, -0.1) is 0 Å². The van der Waals surface area contributed by atoms with E-state index in [1.807, 2.05) is 12.1 Å². The highest BCUT2D eigenvalue weighted by atomic mass is 35.5. The molecule has 0 aliphatic carbocycles. The van der Waals surface area contributed by atoms with Crippen LogP contribution in [0.5, 0.6) is 5.75 Å². The summed E-state index contributed by atoms with van der Waals surface area (Å²) < 4.78 is 5.41. The van der Waals surface area contributed by atoms with E-state index < -0.39 is 11.5 Å². The van der Waals surface area contributed by atoms with Crippen LogP contribution in [0.25, 0.3) is 0 Å².